The van der Waals surface area contributed by atoms with Crippen LogP contribution in [0, 0.1) is 5.92 Å². The van der Waals surface area contributed by atoms with Crippen LogP contribution in [0.4, 0.5) is 10.5 Å². The zero-order valence-electron chi connectivity index (χ0n) is 20.4. The Morgan fingerprint density at radius 1 is 1.32 bits per heavy atom. The number of pyridine rings is 1. The van der Waals surface area contributed by atoms with Gasteiger partial charge in [0.05, 0.1) is 29.2 Å². The van der Waals surface area contributed by atoms with Crippen LogP contribution in [-0.4, -0.2) is 41.4 Å². The second kappa shape index (κ2) is 12.3. The van der Waals surface area contributed by atoms with Crippen molar-refractivity contribution in [2.24, 2.45) is 11.7 Å². The highest BCUT2D eigenvalue weighted by atomic mass is 28.3. The lowest BCUT2D eigenvalue weighted by molar-refractivity contribution is -0.118. The number of primary amides is 1. The fourth-order valence-corrected chi connectivity index (χ4v) is 3.81. The number of nitrogens with one attached hydrogen (secondary N) is 1. The lowest BCUT2D eigenvalue weighted by Crippen LogP contribution is -2.22. The average molecular weight is 486 g/mol. The van der Waals surface area contributed by atoms with Gasteiger partial charge in [-0.3, -0.25) is 9.78 Å². The summed E-state index contributed by atoms with van der Waals surface area (Å²) >= 11 is 0. The number of hydrogen-bond acceptors (Lipinski definition) is 6. The first-order chi connectivity index (χ1) is 16.1. The Morgan fingerprint density at radius 3 is 2.68 bits per heavy atom. The van der Waals surface area contributed by atoms with Crippen LogP contribution < -0.4 is 11.1 Å². The summed E-state index contributed by atoms with van der Waals surface area (Å²) in [6.45, 7) is 16.9. The minimum atomic E-state index is -1.24. The lowest BCUT2D eigenvalue weighted by atomic mass is 10.1. The number of hydrogen-bond donors (Lipinski definition) is 2. The number of amides is 2. The first kappa shape index (κ1) is 27.0. The van der Waals surface area contributed by atoms with Gasteiger partial charge in [-0.15, -0.1) is 13.2 Å². The topological polar surface area (TPSA) is 121 Å². The molecule has 0 saturated heterocycles. The molecule has 1 unspecified atom stereocenters. The molecule has 0 bridgehead atoms. The molecule has 2 atom stereocenters. The molecule has 184 valence electrons. The third kappa shape index (κ3) is 7.96. The van der Waals surface area contributed by atoms with Gasteiger partial charge in [0.2, 0.25) is 5.91 Å². The Labute approximate surface area is 202 Å². The van der Waals surface area contributed by atoms with Gasteiger partial charge in [0.25, 0.3) is 0 Å². The molecular formula is C24H35N5O4Si. The van der Waals surface area contributed by atoms with E-state index in [1.165, 1.54) is 0 Å². The van der Waals surface area contributed by atoms with E-state index in [1.807, 2.05) is 0 Å². The number of carbonyl (C=O) groups is 2. The molecule has 0 aliphatic rings. The van der Waals surface area contributed by atoms with Crippen molar-refractivity contribution >= 4 is 25.8 Å². The van der Waals surface area contributed by atoms with Crippen LogP contribution in [0.25, 0.3) is 11.3 Å². The maximum Gasteiger partial charge on any atom is 0.405 e. The van der Waals surface area contributed by atoms with Gasteiger partial charge in [-0.05, 0) is 18.2 Å². The molecule has 2 amide bonds. The summed E-state index contributed by atoms with van der Waals surface area (Å²) in [6, 6.07) is 4.59. The summed E-state index contributed by atoms with van der Waals surface area (Å²) < 4.78 is 12.8. The summed E-state index contributed by atoms with van der Waals surface area (Å²) in [5.41, 5.74) is 7.63. The molecule has 2 aromatic rings. The van der Waals surface area contributed by atoms with E-state index >= 15 is 0 Å². The highest BCUT2D eigenvalue weighted by Gasteiger charge is 2.21. The quantitative estimate of drug-likeness (QED) is 0.240. The molecule has 0 radical (unpaired) electrons. The molecule has 3 N–H and O–H groups in total. The Hall–Kier alpha value is -3.24. The Bertz CT molecular complexity index is 1020. The number of aromatic nitrogens is 3. The zero-order chi connectivity index (χ0) is 25.3. The SMILES string of the molecule is C=CC[C@H](OC(N)=O)c1cc(-c2c(NC(=O)C(C)C=C)cnn2COCC[Si](C)(C)C)ccn1. The number of rotatable bonds is 13. The first-order valence-corrected chi connectivity index (χ1v) is 14.9. The van der Waals surface area contributed by atoms with E-state index in [0.717, 1.165) is 11.6 Å². The molecule has 34 heavy (non-hydrogen) atoms. The van der Waals surface area contributed by atoms with Gasteiger partial charge in [-0.1, -0.05) is 38.7 Å². The number of nitrogens with two attached hydrogens (primary N) is 1. The number of nitrogens with zero attached hydrogens (tertiary/aromatic N) is 3. The maximum absolute atomic E-state index is 12.5. The second-order valence-corrected chi connectivity index (χ2v) is 14.8. The van der Waals surface area contributed by atoms with Crippen molar-refractivity contribution in [3.8, 4) is 11.3 Å². The minimum Gasteiger partial charge on any atom is -0.440 e. The van der Waals surface area contributed by atoms with Crippen LogP contribution in [0.1, 0.15) is 25.1 Å². The molecule has 0 aromatic carbocycles. The third-order valence-corrected chi connectivity index (χ3v) is 6.80. The maximum atomic E-state index is 12.5. The largest absolute Gasteiger partial charge is 0.440 e. The van der Waals surface area contributed by atoms with E-state index in [-0.39, 0.29) is 18.6 Å². The molecular weight excluding hydrogens is 450 g/mol. The Kier molecular flexibility index (Phi) is 9.76. The van der Waals surface area contributed by atoms with E-state index in [0.29, 0.717) is 30.1 Å². The van der Waals surface area contributed by atoms with Gasteiger partial charge >= 0.3 is 6.09 Å². The van der Waals surface area contributed by atoms with Gasteiger partial charge in [-0.2, -0.15) is 5.10 Å². The molecule has 2 aromatic heterocycles. The second-order valence-electron chi connectivity index (χ2n) is 9.19. The van der Waals surface area contributed by atoms with E-state index in [2.05, 4.69) is 48.2 Å². The molecule has 0 aliphatic heterocycles. The van der Waals surface area contributed by atoms with Crippen molar-refractivity contribution < 1.29 is 19.1 Å². The standard InChI is InChI=1S/C24H35N5O4Si/c1-7-9-21(33-24(25)31)19-14-18(10-11-26-19)22-20(28-23(30)17(3)8-2)15-27-29(22)16-32-12-13-34(4,5)6/h7-8,10-11,14-15,17,21H,1-2,9,12-13,16H2,3-6H3,(H2,25,31)(H,28,30)/t17?,21-/m0/s1. The van der Waals surface area contributed by atoms with Crippen LogP contribution in [-0.2, 0) is 21.0 Å². The van der Waals surface area contributed by atoms with Gasteiger partial charge in [0, 0.05) is 32.9 Å². The molecule has 9 nitrogen and oxygen atoms in total. The van der Waals surface area contributed by atoms with Crippen LogP contribution in [0.15, 0.2) is 49.8 Å². The zero-order valence-corrected chi connectivity index (χ0v) is 21.4. The van der Waals surface area contributed by atoms with E-state index < -0.39 is 20.3 Å². The number of carbonyl (C=O) groups excluding carboxylic acids is 2. The average Bonchev–Trinajstić information content (AvgIpc) is 3.17. The highest BCUT2D eigenvalue weighted by Crippen LogP contribution is 2.31. The highest BCUT2D eigenvalue weighted by molar-refractivity contribution is 6.76. The summed E-state index contributed by atoms with van der Waals surface area (Å²) in [6.07, 6.45) is 5.16. The Balaban J connectivity index is 2.42. The van der Waals surface area contributed by atoms with Crippen LogP contribution in [0.3, 0.4) is 0 Å². The van der Waals surface area contributed by atoms with Crippen molar-refractivity contribution in [1.82, 2.24) is 14.8 Å². The minimum absolute atomic E-state index is 0.202. The van der Waals surface area contributed by atoms with Gasteiger partial charge < -0.3 is 20.5 Å². The summed E-state index contributed by atoms with van der Waals surface area (Å²) in [7, 11) is -1.24. The van der Waals surface area contributed by atoms with Crippen LogP contribution in [0.5, 0.6) is 0 Å². The predicted molar refractivity (Wildman–Crippen MR) is 136 cm³/mol. The van der Waals surface area contributed by atoms with Crippen LogP contribution in [0.2, 0.25) is 25.7 Å². The monoisotopic (exact) mass is 485 g/mol. The van der Waals surface area contributed by atoms with Gasteiger partial charge in [-0.25, -0.2) is 9.48 Å². The van der Waals surface area contributed by atoms with Crippen molar-refractivity contribution in [3.05, 3.63) is 55.5 Å². The van der Waals surface area contributed by atoms with Gasteiger partial charge in [0.15, 0.2) is 0 Å². The summed E-state index contributed by atoms with van der Waals surface area (Å²) in [5.74, 6) is -0.579. The molecule has 0 fully saturated rings. The van der Waals surface area contributed by atoms with E-state index in [1.54, 1.807) is 48.3 Å². The van der Waals surface area contributed by atoms with E-state index in [9.17, 15) is 9.59 Å². The summed E-state index contributed by atoms with van der Waals surface area (Å²) in [5, 5.41) is 7.36. The summed E-state index contributed by atoms with van der Waals surface area (Å²) in [4.78, 5) is 28.3. The molecule has 2 rings (SSSR count). The molecule has 10 heteroatoms. The van der Waals surface area contributed by atoms with E-state index in [4.69, 9.17) is 15.2 Å². The molecule has 2 heterocycles. The van der Waals surface area contributed by atoms with Crippen molar-refractivity contribution in [3.63, 3.8) is 0 Å². The fourth-order valence-electron chi connectivity index (χ4n) is 3.05. The number of anilines is 1. The fraction of sp³-hybridized carbons (Fsp3) is 0.417. The normalized spacial score (nSPS) is 13.1. The van der Waals surface area contributed by atoms with Gasteiger partial charge in [0.1, 0.15) is 12.8 Å². The van der Waals surface area contributed by atoms with Crippen LogP contribution >= 0.6 is 0 Å². The predicted octanol–water partition coefficient (Wildman–Crippen LogP) is 4.73. The molecule has 0 spiro atoms. The Morgan fingerprint density at radius 2 is 2.06 bits per heavy atom. The number of ether oxygens (including phenoxy) is 2. The first-order valence-electron chi connectivity index (χ1n) is 11.2. The molecule has 0 saturated carbocycles. The van der Waals surface area contributed by atoms with Crippen molar-refractivity contribution in [2.45, 2.75) is 51.9 Å². The lowest BCUT2D eigenvalue weighted by Gasteiger charge is -2.17. The van der Waals surface area contributed by atoms with Crippen molar-refractivity contribution in [2.75, 3.05) is 11.9 Å². The van der Waals surface area contributed by atoms with Crippen molar-refractivity contribution in [1.29, 1.82) is 0 Å². The molecule has 0 aliphatic carbocycles. The smallest absolute Gasteiger partial charge is 0.405 e. The third-order valence-electron chi connectivity index (χ3n) is 5.10.